The molecule has 2 rings (SSSR count). The lowest BCUT2D eigenvalue weighted by Gasteiger charge is -2.16. The summed E-state index contributed by atoms with van der Waals surface area (Å²) in [5.74, 6) is 0.155. The SMILES string of the molecule is CCOc1cccc(S(=O)(=O)N2CCCC2=O)c1. The molecule has 0 unspecified atom stereocenters. The summed E-state index contributed by atoms with van der Waals surface area (Å²) in [5, 5.41) is 0. The standard InChI is InChI=1S/C12H15NO4S/c1-2-17-10-5-3-6-11(9-10)18(15,16)13-8-4-7-12(13)14/h3,5-6,9H,2,4,7-8H2,1H3. The first-order valence-electron chi connectivity index (χ1n) is 5.84. The average molecular weight is 269 g/mol. The van der Waals surface area contributed by atoms with Gasteiger partial charge in [0, 0.05) is 19.0 Å². The number of nitrogens with zero attached hydrogens (tertiary/aromatic N) is 1. The van der Waals surface area contributed by atoms with Gasteiger partial charge in [-0.25, -0.2) is 12.7 Å². The summed E-state index contributed by atoms with van der Waals surface area (Å²) in [5.41, 5.74) is 0. The molecule has 1 saturated heterocycles. The highest BCUT2D eigenvalue weighted by molar-refractivity contribution is 7.89. The van der Waals surface area contributed by atoms with Gasteiger partial charge in [-0.3, -0.25) is 4.79 Å². The van der Waals surface area contributed by atoms with Crippen LogP contribution in [0.4, 0.5) is 0 Å². The molecule has 1 aliphatic heterocycles. The van der Waals surface area contributed by atoms with E-state index < -0.39 is 10.0 Å². The van der Waals surface area contributed by atoms with Gasteiger partial charge in [0.25, 0.3) is 10.0 Å². The van der Waals surface area contributed by atoms with E-state index in [1.165, 1.54) is 12.1 Å². The fraction of sp³-hybridized carbons (Fsp3) is 0.417. The van der Waals surface area contributed by atoms with Crippen LogP contribution in [0.3, 0.4) is 0 Å². The Balaban J connectivity index is 2.35. The van der Waals surface area contributed by atoms with E-state index in [0.29, 0.717) is 25.2 Å². The summed E-state index contributed by atoms with van der Waals surface area (Å²) in [6.45, 7) is 2.55. The molecule has 5 nitrogen and oxygen atoms in total. The monoisotopic (exact) mass is 269 g/mol. The van der Waals surface area contributed by atoms with Gasteiger partial charge in [-0.2, -0.15) is 0 Å². The second kappa shape index (κ2) is 4.97. The first-order valence-corrected chi connectivity index (χ1v) is 7.28. The van der Waals surface area contributed by atoms with Crippen molar-refractivity contribution in [1.29, 1.82) is 0 Å². The van der Waals surface area contributed by atoms with E-state index in [4.69, 9.17) is 4.74 Å². The zero-order chi connectivity index (χ0) is 13.2. The van der Waals surface area contributed by atoms with Crippen molar-refractivity contribution in [2.45, 2.75) is 24.7 Å². The largest absolute Gasteiger partial charge is 0.494 e. The molecule has 0 aliphatic carbocycles. The third-order valence-corrected chi connectivity index (χ3v) is 4.55. The maximum atomic E-state index is 12.3. The molecule has 1 fully saturated rings. The molecule has 0 saturated carbocycles. The minimum atomic E-state index is -3.72. The zero-order valence-electron chi connectivity index (χ0n) is 10.1. The summed E-state index contributed by atoms with van der Waals surface area (Å²) in [6, 6.07) is 6.22. The Bertz CT molecular complexity index is 553. The van der Waals surface area contributed by atoms with E-state index in [1.807, 2.05) is 6.92 Å². The molecule has 1 amide bonds. The highest BCUT2D eigenvalue weighted by Crippen LogP contribution is 2.24. The Hall–Kier alpha value is -1.56. The van der Waals surface area contributed by atoms with Crippen LogP contribution >= 0.6 is 0 Å². The Morgan fingerprint density at radius 3 is 2.78 bits per heavy atom. The number of sulfonamides is 1. The second-order valence-electron chi connectivity index (χ2n) is 3.98. The lowest BCUT2D eigenvalue weighted by Crippen LogP contribution is -2.31. The highest BCUT2D eigenvalue weighted by Gasteiger charge is 2.32. The van der Waals surface area contributed by atoms with Crippen molar-refractivity contribution >= 4 is 15.9 Å². The molecule has 0 atom stereocenters. The predicted octanol–water partition coefficient (Wildman–Crippen LogP) is 1.40. The van der Waals surface area contributed by atoms with Gasteiger partial charge in [0.15, 0.2) is 0 Å². The van der Waals surface area contributed by atoms with Crippen LogP contribution < -0.4 is 4.74 Å². The maximum Gasteiger partial charge on any atom is 0.266 e. The molecule has 0 bridgehead atoms. The van der Waals surface area contributed by atoms with Crippen LogP contribution in [-0.4, -0.2) is 31.8 Å². The van der Waals surface area contributed by atoms with Crippen molar-refractivity contribution in [3.05, 3.63) is 24.3 Å². The smallest absolute Gasteiger partial charge is 0.266 e. The van der Waals surface area contributed by atoms with Crippen LogP contribution in [0.1, 0.15) is 19.8 Å². The van der Waals surface area contributed by atoms with Crippen LogP contribution in [-0.2, 0) is 14.8 Å². The molecule has 6 heteroatoms. The molecule has 1 aliphatic rings. The third-order valence-electron chi connectivity index (χ3n) is 2.73. The highest BCUT2D eigenvalue weighted by atomic mass is 32.2. The summed E-state index contributed by atoms with van der Waals surface area (Å²) in [7, 11) is -3.72. The molecule has 0 N–H and O–H groups in total. The number of carbonyl (C=O) groups is 1. The summed E-state index contributed by atoms with van der Waals surface area (Å²) >= 11 is 0. The molecule has 18 heavy (non-hydrogen) atoms. The van der Waals surface area contributed by atoms with Crippen LogP contribution in [0, 0.1) is 0 Å². The number of hydrogen-bond acceptors (Lipinski definition) is 4. The molecule has 98 valence electrons. The van der Waals surface area contributed by atoms with E-state index in [9.17, 15) is 13.2 Å². The second-order valence-corrected chi connectivity index (χ2v) is 5.84. The van der Waals surface area contributed by atoms with Crippen molar-refractivity contribution in [3.63, 3.8) is 0 Å². The molecule has 1 heterocycles. The summed E-state index contributed by atoms with van der Waals surface area (Å²) in [4.78, 5) is 11.6. The minimum absolute atomic E-state index is 0.101. The van der Waals surface area contributed by atoms with Gasteiger partial charge in [0.1, 0.15) is 5.75 Å². The van der Waals surface area contributed by atoms with Crippen LogP contribution in [0.2, 0.25) is 0 Å². The van der Waals surface area contributed by atoms with Gasteiger partial charge in [-0.15, -0.1) is 0 Å². The quantitative estimate of drug-likeness (QED) is 0.828. The Morgan fingerprint density at radius 1 is 1.39 bits per heavy atom. The number of carbonyl (C=O) groups excluding carboxylic acids is 1. The van der Waals surface area contributed by atoms with Gasteiger partial charge in [0.2, 0.25) is 5.91 Å². The summed E-state index contributed by atoms with van der Waals surface area (Å²) in [6.07, 6.45) is 0.883. The van der Waals surface area contributed by atoms with Gasteiger partial charge in [-0.1, -0.05) is 6.07 Å². The molecule has 1 aromatic carbocycles. The number of rotatable bonds is 4. The lowest BCUT2D eigenvalue weighted by molar-refractivity contribution is -0.123. The molecule has 0 spiro atoms. The number of ether oxygens (including phenoxy) is 1. The number of amides is 1. The third kappa shape index (κ3) is 2.33. The predicted molar refractivity (Wildman–Crippen MR) is 65.7 cm³/mol. The number of hydrogen-bond donors (Lipinski definition) is 0. The van der Waals surface area contributed by atoms with E-state index >= 15 is 0 Å². The molecule has 1 aromatic rings. The van der Waals surface area contributed by atoms with Crippen molar-refractivity contribution in [2.75, 3.05) is 13.2 Å². The summed E-state index contributed by atoms with van der Waals surface area (Å²) < 4.78 is 30.7. The topological polar surface area (TPSA) is 63.7 Å². The van der Waals surface area contributed by atoms with Gasteiger partial charge in [0.05, 0.1) is 11.5 Å². The van der Waals surface area contributed by atoms with E-state index in [-0.39, 0.29) is 17.3 Å². The first kappa shape index (κ1) is 12.9. The van der Waals surface area contributed by atoms with E-state index in [1.54, 1.807) is 12.1 Å². The van der Waals surface area contributed by atoms with Gasteiger partial charge < -0.3 is 4.74 Å². The first-order chi connectivity index (χ1) is 8.55. The van der Waals surface area contributed by atoms with E-state index in [0.717, 1.165) is 4.31 Å². The molecular formula is C12H15NO4S. The zero-order valence-corrected chi connectivity index (χ0v) is 10.9. The van der Waals surface area contributed by atoms with Gasteiger partial charge >= 0.3 is 0 Å². The normalized spacial score (nSPS) is 16.1. The lowest BCUT2D eigenvalue weighted by atomic mass is 10.3. The number of benzene rings is 1. The minimum Gasteiger partial charge on any atom is -0.494 e. The molecule has 0 radical (unpaired) electrons. The van der Waals surface area contributed by atoms with E-state index in [2.05, 4.69) is 0 Å². The Kier molecular flexibility index (Phi) is 3.56. The van der Waals surface area contributed by atoms with Crippen LogP contribution in [0.5, 0.6) is 5.75 Å². The van der Waals surface area contributed by atoms with Gasteiger partial charge in [-0.05, 0) is 25.5 Å². The Labute approximate surface area is 106 Å². The van der Waals surface area contributed by atoms with Crippen molar-refractivity contribution in [2.24, 2.45) is 0 Å². The van der Waals surface area contributed by atoms with Crippen molar-refractivity contribution in [3.8, 4) is 5.75 Å². The average Bonchev–Trinajstić information content (AvgIpc) is 2.77. The van der Waals surface area contributed by atoms with Crippen molar-refractivity contribution in [1.82, 2.24) is 4.31 Å². The molecule has 0 aromatic heterocycles. The molecular weight excluding hydrogens is 254 g/mol. The fourth-order valence-electron chi connectivity index (χ4n) is 1.90. The Morgan fingerprint density at radius 2 is 2.17 bits per heavy atom. The van der Waals surface area contributed by atoms with Crippen molar-refractivity contribution < 1.29 is 17.9 Å². The maximum absolute atomic E-state index is 12.3. The van der Waals surface area contributed by atoms with Crippen LogP contribution in [0.25, 0.3) is 0 Å². The van der Waals surface area contributed by atoms with Crippen LogP contribution in [0.15, 0.2) is 29.2 Å². The fourth-order valence-corrected chi connectivity index (χ4v) is 3.39.